The van der Waals surface area contributed by atoms with Crippen LogP contribution in [0.25, 0.3) is 11.5 Å². The number of esters is 1. The first-order valence-corrected chi connectivity index (χ1v) is 7.57. The van der Waals surface area contributed by atoms with Crippen LogP contribution in [0.3, 0.4) is 0 Å². The van der Waals surface area contributed by atoms with Crippen molar-refractivity contribution in [1.29, 1.82) is 0 Å². The molecule has 0 amide bonds. The molecule has 7 nitrogen and oxygen atoms in total. The van der Waals surface area contributed by atoms with E-state index in [1.807, 2.05) is 0 Å². The Hall–Kier alpha value is -3.06. The van der Waals surface area contributed by atoms with Crippen molar-refractivity contribution in [2.24, 2.45) is 0 Å². The first-order valence-electron chi connectivity index (χ1n) is 7.20. The van der Waals surface area contributed by atoms with Crippen LogP contribution in [-0.4, -0.2) is 28.4 Å². The van der Waals surface area contributed by atoms with Gasteiger partial charge in [-0.15, -0.1) is 10.2 Å². The minimum absolute atomic E-state index is 0.0169. The van der Waals surface area contributed by atoms with Gasteiger partial charge in [0.1, 0.15) is 5.56 Å². The van der Waals surface area contributed by atoms with Crippen LogP contribution in [-0.2, 0) is 11.3 Å². The fourth-order valence-corrected chi connectivity index (χ4v) is 2.20. The highest BCUT2D eigenvalue weighted by atomic mass is 35.5. The second kappa shape index (κ2) is 7.23. The number of phenols is 1. The van der Waals surface area contributed by atoms with Gasteiger partial charge in [0, 0.05) is 10.6 Å². The summed E-state index contributed by atoms with van der Waals surface area (Å²) >= 11 is 5.83. The van der Waals surface area contributed by atoms with Crippen molar-refractivity contribution in [3.8, 4) is 23.0 Å². The van der Waals surface area contributed by atoms with Crippen molar-refractivity contribution in [2.75, 3.05) is 7.11 Å². The summed E-state index contributed by atoms with van der Waals surface area (Å²) in [7, 11) is 1.39. The van der Waals surface area contributed by atoms with Crippen molar-refractivity contribution in [3.63, 3.8) is 0 Å². The van der Waals surface area contributed by atoms with Crippen LogP contribution in [0.4, 0.5) is 0 Å². The summed E-state index contributed by atoms with van der Waals surface area (Å²) in [5.74, 6) is -0.435. The highest BCUT2D eigenvalue weighted by molar-refractivity contribution is 6.30. The quantitative estimate of drug-likeness (QED) is 0.696. The third-order valence-electron chi connectivity index (χ3n) is 3.32. The van der Waals surface area contributed by atoms with E-state index in [9.17, 15) is 9.90 Å². The predicted molar refractivity (Wildman–Crippen MR) is 88.5 cm³/mol. The molecule has 0 unspecified atom stereocenters. The third kappa shape index (κ3) is 3.72. The number of carbonyl (C=O) groups is 1. The molecule has 0 saturated carbocycles. The summed E-state index contributed by atoms with van der Waals surface area (Å²) in [5.41, 5.74) is 0.678. The average Bonchev–Trinajstić information content (AvgIpc) is 3.09. The molecule has 0 saturated heterocycles. The molecule has 0 bridgehead atoms. The number of hydrogen-bond acceptors (Lipinski definition) is 7. The van der Waals surface area contributed by atoms with Crippen LogP contribution in [0.5, 0.6) is 11.5 Å². The SMILES string of the molecule is COc1cccc(C(=O)OCc2nnc(-c3ccc(Cl)cc3)o2)c1O. The molecule has 0 aliphatic rings. The maximum absolute atomic E-state index is 12.1. The molecule has 3 rings (SSSR count). The van der Waals surface area contributed by atoms with Gasteiger partial charge in [0.25, 0.3) is 5.89 Å². The predicted octanol–water partition coefficient (Wildman–Crippen LogP) is 3.46. The van der Waals surface area contributed by atoms with Crippen molar-refractivity contribution in [1.82, 2.24) is 10.2 Å². The lowest BCUT2D eigenvalue weighted by atomic mass is 10.2. The van der Waals surface area contributed by atoms with Crippen LogP contribution >= 0.6 is 11.6 Å². The van der Waals surface area contributed by atoms with Gasteiger partial charge in [-0.25, -0.2) is 4.79 Å². The molecule has 2 aromatic carbocycles. The van der Waals surface area contributed by atoms with Gasteiger partial charge in [-0.2, -0.15) is 0 Å². The van der Waals surface area contributed by atoms with Gasteiger partial charge in [0.15, 0.2) is 18.1 Å². The van der Waals surface area contributed by atoms with Gasteiger partial charge < -0.3 is 19.0 Å². The normalized spacial score (nSPS) is 10.5. The lowest BCUT2D eigenvalue weighted by Crippen LogP contribution is -2.06. The van der Waals surface area contributed by atoms with Crippen LogP contribution in [0.2, 0.25) is 5.02 Å². The van der Waals surface area contributed by atoms with Gasteiger partial charge >= 0.3 is 5.97 Å². The molecular formula is C17H13ClN2O5. The molecule has 3 aromatic rings. The Morgan fingerprint density at radius 1 is 1.20 bits per heavy atom. The number of carbonyl (C=O) groups excluding carboxylic acids is 1. The van der Waals surface area contributed by atoms with E-state index in [0.29, 0.717) is 10.6 Å². The zero-order valence-corrected chi connectivity index (χ0v) is 13.9. The van der Waals surface area contributed by atoms with E-state index < -0.39 is 5.97 Å². The molecule has 8 heteroatoms. The molecule has 1 N–H and O–H groups in total. The van der Waals surface area contributed by atoms with Crippen molar-refractivity contribution < 1.29 is 23.8 Å². The van der Waals surface area contributed by atoms with Gasteiger partial charge in [-0.05, 0) is 36.4 Å². The van der Waals surface area contributed by atoms with E-state index in [1.165, 1.54) is 19.2 Å². The lowest BCUT2D eigenvalue weighted by molar-refractivity contribution is 0.0434. The summed E-state index contributed by atoms with van der Waals surface area (Å²) in [5, 5.41) is 18.3. The second-order valence-electron chi connectivity index (χ2n) is 4.94. The van der Waals surface area contributed by atoms with Gasteiger partial charge in [0.2, 0.25) is 5.89 Å². The van der Waals surface area contributed by atoms with Crippen molar-refractivity contribution in [2.45, 2.75) is 6.61 Å². The first kappa shape index (κ1) is 16.8. The Balaban J connectivity index is 1.68. The third-order valence-corrected chi connectivity index (χ3v) is 3.58. The molecule has 0 spiro atoms. The molecule has 0 fully saturated rings. The molecule has 1 aromatic heterocycles. The lowest BCUT2D eigenvalue weighted by Gasteiger charge is -2.07. The number of ether oxygens (including phenoxy) is 2. The van der Waals surface area contributed by atoms with Crippen molar-refractivity contribution >= 4 is 17.6 Å². The summed E-state index contributed by atoms with van der Waals surface area (Å²) in [4.78, 5) is 12.1. The summed E-state index contributed by atoms with van der Waals surface area (Å²) < 4.78 is 15.5. The highest BCUT2D eigenvalue weighted by Crippen LogP contribution is 2.30. The standard InChI is InChI=1S/C17H13ClN2O5/c1-23-13-4-2-3-12(15(13)21)17(22)24-9-14-19-20-16(25-14)10-5-7-11(18)8-6-10/h2-8,21H,9H2,1H3. The van der Waals surface area contributed by atoms with Gasteiger partial charge in [-0.3, -0.25) is 0 Å². The molecule has 0 aliphatic heterocycles. The van der Waals surface area contributed by atoms with Gasteiger partial charge in [0.05, 0.1) is 7.11 Å². The molecular weight excluding hydrogens is 348 g/mol. The van der Waals surface area contributed by atoms with Gasteiger partial charge in [-0.1, -0.05) is 17.7 Å². The topological polar surface area (TPSA) is 94.7 Å². The smallest absolute Gasteiger partial charge is 0.342 e. The number of hydrogen-bond donors (Lipinski definition) is 1. The maximum atomic E-state index is 12.1. The van der Waals surface area contributed by atoms with Crippen LogP contribution in [0, 0.1) is 0 Å². The molecule has 0 aliphatic carbocycles. The number of phenolic OH excluding ortho intramolecular Hbond substituents is 1. The van der Waals surface area contributed by atoms with E-state index >= 15 is 0 Å². The zero-order valence-electron chi connectivity index (χ0n) is 13.1. The fraction of sp³-hybridized carbons (Fsp3) is 0.118. The summed E-state index contributed by atoms with van der Waals surface area (Å²) in [6, 6.07) is 11.4. The number of benzene rings is 2. The van der Waals surface area contributed by atoms with E-state index in [-0.39, 0.29) is 35.5 Å². The second-order valence-corrected chi connectivity index (χ2v) is 5.38. The van der Waals surface area contributed by atoms with Crippen LogP contribution < -0.4 is 4.74 Å². The monoisotopic (exact) mass is 360 g/mol. The largest absolute Gasteiger partial charge is 0.504 e. The Bertz CT molecular complexity index is 892. The van der Waals surface area contributed by atoms with E-state index in [2.05, 4.69) is 10.2 Å². The first-order chi connectivity index (χ1) is 12.1. The number of aromatic nitrogens is 2. The molecule has 128 valence electrons. The number of para-hydroxylation sites is 1. The number of nitrogens with zero attached hydrogens (tertiary/aromatic N) is 2. The fourth-order valence-electron chi connectivity index (χ4n) is 2.08. The maximum Gasteiger partial charge on any atom is 0.342 e. The summed E-state index contributed by atoms with van der Waals surface area (Å²) in [6.45, 7) is -0.226. The highest BCUT2D eigenvalue weighted by Gasteiger charge is 2.17. The number of halogens is 1. The Labute approximate surface area is 147 Å². The van der Waals surface area contributed by atoms with E-state index in [1.54, 1.807) is 30.3 Å². The number of aromatic hydroxyl groups is 1. The van der Waals surface area contributed by atoms with Crippen LogP contribution in [0.1, 0.15) is 16.2 Å². The Morgan fingerprint density at radius 3 is 2.68 bits per heavy atom. The minimum Gasteiger partial charge on any atom is -0.504 e. The number of rotatable bonds is 5. The zero-order chi connectivity index (χ0) is 17.8. The summed E-state index contributed by atoms with van der Waals surface area (Å²) in [6.07, 6.45) is 0. The molecule has 0 radical (unpaired) electrons. The number of methoxy groups -OCH3 is 1. The van der Waals surface area contributed by atoms with Crippen LogP contribution in [0.15, 0.2) is 46.9 Å². The molecule has 25 heavy (non-hydrogen) atoms. The average molecular weight is 361 g/mol. The van der Waals surface area contributed by atoms with E-state index in [4.69, 9.17) is 25.5 Å². The Kier molecular flexibility index (Phi) is 4.85. The molecule has 1 heterocycles. The van der Waals surface area contributed by atoms with E-state index in [0.717, 1.165) is 0 Å². The van der Waals surface area contributed by atoms with Crippen molar-refractivity contribution in [3.05, 3.63) is 58.9 Å². The molecule has 0 atom stereocenters. The Morgan fingerprint density at radius 2 is 1.96 bits per heavy atom. The minimum atomic E-state index is -0.734.